The van der Waals surface area contributed by atoms with Gasteiger partial charge in [-0.05, 0) is 17.8 Å². The molecule has 0 aliphatic carbocycles. The summed E-state index contributed by atoms with van der Waals surface area (Å²) in [6, 6.07) is 5.81. The Hall–Kier alpha value is -1.17. The monoisotopic (exact) mass is 221 g/mol. The van der Waals surface area contributed by atoms with Gasteiger partial charge in [-0.3, -0.25) is 0 Å². The van der Waals surface area contributed by atoms with E-state index >= 15 is 0 Å². The van der Waals surface area contributed by atoms with Crippen molar-refractivity contribution in [1.29, 1.82) is 0 Å². The summed E-state index contributed by atoms with van der Waals surface area (Å²) in [5.41, 5.74) is -4.10. The van der Waals surface area contributed by atoms with Crippen LogP contribution in [-0.4, -0.2) is 16.9 Å². The lowest BCUT2D eigenvalue weighted by atomic mass is 10.2. The quantitative estimate of drug-likeness (QED) is 0.360. The number of alkyl halides is 3. The number of hydrogen-bond donors (Lipinski definition) is 1. The molecule has 0 unspecified atom stereocenters. The molecule has 1 aromatic carbocycles. The first kappa shape index (κ1) is 10.9. The van der Waals surface area contributed by atoms with Crippen molar-refractivity contribution in [3.8, 4) is 0 Å². The van der Waals surface area contributed by atoms with E-state index in [0.717, 1.165) is 6.21 Å². The highest BCUT2D eigenvalue weighted by atomic mass is 32.2. The minimum absolute atomic E-state index is 0.0119. The van der Waals surface area contributed by atoms with Gasteiger partial charge in [0.15, 0.2) is 0 Å². The fourth-order valence-electron chi connectivity index (χ4n) is 0.867. The predicted octanol–water partition coefficient (Wildman–Crippen LogP) is 3.11. The third kappa shape index (κ3) is 3.29. The molecular formula is C8H6F3NOS. The van der Waals surface area contributed by atoms with Crippen LogP contribution in [0.4, 0.5) is 13.2 Å². The smallest absolute Gasteiger partial charge is 0.411 e. The fourth-order valence-corrected chi connectivity index (χ4v) is 1.50. The summed E-state index contributed by atoms with van der Waals surface area (Å²) in [5, 5.41) is 10.9. The molecule has 2 nitrogen and oxygen atoms in total. The third-order valence-corrected chi connectivity index (χ3v) is 2.16. The van der Waals surface area contributed by atoms with E-state index in [0.29, 0.717) is 0 Å². The molecule has 76 valence electrons. The summed E-state index contributed by atoms with van der Waals surface area (Å²) in [6.45, 7) is 0. The summed E-state index contributed by atoms with van der Waals surface area (Å²) in [4.78, 5) is 0.0119. The molecular weight excluding hydrogens is 215 g/mol. The van der Waals surface area contributed by atoms with E-state index in [1.54, 1.807) is 6.07 Å². The van der Waals surface area contributed by atoms with Crippen molar-refractivity contribution in [3.05, 3.63) is 29.8 Å². The molecule has 0 saturated heterocycles. The Balaban J connectivity index is 2.96. The first-order valence-electron chi connectivity index (χ1n) is 3.55. The number of rotatable bonds is 2. The summed E-state index contributed by atoms with van der Waals surface area (Å²) in [6.07, 6.45) is 0.966. The average Bonchev–Trinajstić information content (AvgIpc) is 2.06. The van der Waals surface area contributed by atoms with E-state index in [1.165, 1.54) is 18.2 Å². The lowest BCUT2D eigenvalue weighted by Crippen LogP contribution is -2.00. The Morgan fingerprint density at radius 1 is 1.29 bits per heavy atom. The maximum Gasteiger partial charge on any atom is 0.446 e. The first-order valence-corrected chi connectivity index (χ1v) is 4.37. The van der Waals surface area contributed by atoms with Crippen LogP contribution in [0.3, 0.4) is 0 Å². The second kappa shape index (κ2) is 4.36. The van der Waals surface area contributed by atoms with Crippen LogP contribution < -0.4 is 0 Å². The lowest BCUT2D eigenvalue weighted by molar-refractivity contribution is -0.0328. The molecule has 0 amide bonds. The molecule has 0 aromatic heterocycles. The van der Waals surface area contributed by atoms with Crippen molar-refractivity contribution in [2.75, 3.05) is 0 Å². The van der Waals surface area contributed by atoms with Gasteiger partial charge in [0.05, 0.1) is 6.21 Å². The van der Waals surface area contributed by atoms with Gasteiger partial charge in [0.25, 0.3) is 0 Å². The van der Waals surface area contributed by atoms with Crippen molar-refractivity contribution < 1.29 is 18.4 Å². The largest absolute Gasteiger partial charge is 0.446 e. The molecule has 0 radical (unpaired) electrons. The molecule has 0 bridgehead atoms. The Labute approximate surface area is 82.4 Å². The lowest BCUT2D eigenvalue weighted by Gasteiger charge is -2.07. The van der Waals surface area contributed by atoms with Crippen molar-refractivity contribution in [2.45, 2.75) is 10.4 Å². The molecule has 1 N–H and O–H groups in total. The van der Waals surface area contributed by atoms with Crippen molar-refractivity contribution in [3.63, 3.8) is 0 Å². The highest BCUT2D eigenvalue weighted by Gasteiger charge is 2.29. The zero-order chi connectivity index (χ0) is 10.6. The molecule has 14 heavy (non-hydrogen) atoms. The van der Waals surface area contributed by atoms with Gasteiger partial charge in [-0.15, -0.1) is 0 Å². The predicted molar refractivity (Wildman–Crippen MR) is 47.7 cm³/mol. The van der Waals surface area contributed by atoms with Gasteiger partial charge in [-0.2, -0.15) is 13.2 Å². The number of nitrogens with zero attached hydrogens (tertiary/aromatic N) is 1. The van der Waals surface area contributed by atoms with Crippen LogP contribution in [0.1, 0.15) is 5.56 Å². The topological polar surface area (TPSA) is 32.6 Å². The number of thioether (sulfide) groups is 1. The van der Waals surface area contributed by atoms with E-state index in [4.69, 9.17) is 5.21 Å². The number of hydrogen-bond acceptors (Lipinski definition) is 3. The number of oxime groups is 1. The average molecular weight is 221 g/mol. The zero-order valence-electron chi connectivity index (χ0n) is 6.82. The van der Waals surface area contributed by atoms with Crippen LogP contribution in [0.15, 0.2) is 34.3 Å². The molecule has 1 rings (SSSR count). The van der Waals surface area contributed by atoms with Crippen molar-refractivity contribution in [2.24, 2.45) is 5.16 Å². The maximum absolute atomic E-state index is 12.0. The Morgan fingerprint density at radius 2 is 1.93 bits per heavy atom. The molecule has 0 atom stereocenters. The Kier molecular flexibility index (Phi) is 3.40. The van der Waals surface area contributed by atoms with Crippen LogP contribution in [0.5, 0.6) is 0 Å². The van der Waals surface area contributed by atoms with Gasteiger partial charge in [-0.1, -0.05) is 23.4 Å². The normalized spacial score (nSPS) is 12.2. The molecule has 0 aliphatic rings. The second-order valence-corrected chi connectivity index (χ2v) is 3.44. The minimum atomic E-state index is -4.33. The molecule has 6 heteroatoms. The second-order valence-electron chi connectivity index (χ2n) is 2.33. The number of halogens is 3. The molecule has 0 aliphatic heterocycles. The summed E-state index contributed by atoms with van der Waals surface area (Å²) in [7, 11) is 0. The molecule has 0 fully saturated rings. The standard InChI is InChI=1S/C8H6F3NOS/c9-8(10,11)14-7-4-2-1-3-6(7)5-12-13/h1-5,13H/b12-5-. The van der Waals surface area contributed by atoms with E-state index in [9.17, 15) is 13.2 Å². The Morgan fingerprint density at radius 3 is 2.50 bits per heavy atom. The third-order valence-electron chi connectivity index (χ3n) is 1.34. The molecule has 0 spiro atoms. The highest BCUT2D eigenvalue weighted by molar-refractivity contribution is 8.00. The molecule has 0 heterocycles. The zero-order valence-corrected chi connectivity index (χ0v) is 7.64. The van der Waals surface area contributed by atoms with Gasteiger partial charge in [0.1, 0.15) is 0 Å². The van der Waals surface area contributed by atoms with E-state index in [-0.39, 0.29) is 22.2 Å². The number of benzene rings is 1. The van der Waals surface area contributed by atoms with Crippen LogP contribution in [-0.2, 0) is 0 Å². The van der Waals surface area contributed by atoms with Crippen LogP contribution in [0.2, 0.25) is 0 Å². The summed E-state index contributed by atoms with van der Waals surface area (Å²) >= 11 is -0.235. The summed E-state index contributed by atoms with van der Waals surface area (Å²) in [5.74, 6) is 0. The highest BCUT2D eigenvalue weighted by Crippen LogP contribution is 2.37. The summed E-state index contributed by atoms with van der Waals surface area (Å²) < 4.78 is 36.1. The van der Waals surface area contributed by atoms with Crippen LogP contribution >= 0.6 is 11.8 Å². The van der Waals surface area contributed by atoms with Crippen LogP contribution in [0, 0.1) is 0 Å². The minimum Gasteiger partial charge on any atom is -0.411 e. The van der Waals surface area contributed by atoms with E-state index in [1.807, 2.05) is 0 Å². The van der Waals surface area contributed by atoms with Gasteiger partial charge < -0.3 is 5.21 Å². The van der Waals surface area contributed by atoms with Gasteiger partial charge >= 0.3 is 5.51 Å². The molecule has 0 saturated carbocycles. The van der Waals surface area contributed by atoms with Crippen molar-refractivity contribution in [1.82, 2.24) is 0 Å². The maximum atomic E-state index is 12.0. The van der Waals surface area contributed by atoms with Crippen molar-refractivity contribution >= 4 is 18.0 Å². The van der Waals surface area contributed by atoms with E-state index < -0.39 is 5.51 Å². The fraction of sp³-hybridized carbons (Fsp3) is 0.125. The van der Waals surface area contributed by atoms with Gasteiger partial charge in [0, 0.05) is 10.5 Å². The van der Waals surface area contributed by atoms with Crippen LogP contribution in [0.25, 0.3) is 0 Å². The van der Waals surface area contributed by atoms with Gasteiger partial charge in [0.2, 0.25) is 0 Å². The van der Waals surface area contributed by atoms with Gasteiger partial charge in [-0.25, -0.2) is 0 Å². The molecule has 1 aromatic rings. The first-order chi connectivity index (χ1) is 6.53. The Bertz CT molecular complexity index is 338. The SMILES string of the molecule is O/N=C\c1ccccc1SC(F)(F)F. The van der Waals surface area contributed by atoms with E-state index in [2.05, 4.69) is 5.16 Å².